The van der Waals surface area contributed by atoms with Crippen LogP contribution < -0.4 is 5.32 Å². The smallest absolute Gasteiger partial charge is 0.322 e. The minimum absolute atomic E-state index is 0.000157. The predicted octanol–water partition coefficient (Wildman–Crippen LogP) is 3.34. The molecule has 0 saturated carbocycles. The van der Waals surface area contributed by atoms with Crippen LogP contribution in [0.5, 0.6) is 0 Å². The van der Waals surface area contributed by atoms with Crippen molar-refractivity contribution in [3.8, 4) is 0 Å². The van der Waals surface area contributed by atoms with E-state index in [0.717, 1.165) is 75.2 Å². The normalized spacial score (nSPS) is 21.3. The van der Waals surface area contributed by atoms with Crippen molar-refractivity contribution in [2.45, 2.75) is 31.7 Å². The maximum Gasteiger partial charge on any atom is 0.322 e. The molecule has 0 radical (unpaired) electrons. The van der Waals surface area contributed by atoms with E-state index in [9.17, 15) is 4.79 Å². The second-order valence-corrected chi connectivity index (χ2v) is 7.40. The highest BCUT2D eigenvalue weighted by molar-refractivity contribution is 5.99. The Morgan fingerprint density at radius 1 is 1.15 bits per heavy atom. The van der Waals surface area contributed by atoms with Crippen molar-refractivity contribution in [1.29, 1.82) is 0 Å². The highest BCUT2D eigenvalue weighted by Gasteiger charge is 2.27. The van der Waals surface area contributed by atoms with Crippen molar-refractivity contribution in [1.82, 2.24) is 14.8 Å². The van der Waals surface area contributed by atoms with Gasteiger partial charge in [-0.3, -0.25) is 9.88 Å². The maximum absolute atomic E-state index is 13.0. The zero-order valence-corrected chi connectivity index (χ0v) is 15.8. The number of hydrogen-bond acceptors (Lipinski definition) is 4. The lowest BCUT2D eigenvalue weighted by Crippen LogP contribution is -2.48. The average Bonchev–Trinajstić information content (AvgIpc) is 2.73. The molecule has 0 bridgehead atoms. The molecular formula is C21H28N4O2. The molecular weight excluding hydrogens is 340 g/mol. The topological polar surface area (TPSA) is 57.7 Å². The number of anilines is 1. The monoisotopic (exact) mass is 368 g/mol. The van der Waals surface area contributed by atoms with Crippen LogP contribution in [-0.4, -0.2) is 66.2 Å². The largest absolute Gasteiger partial charge is 0.379 e. The standard InChI is InChI=1S/C21H28N4O2/c26-21(23-19-8-3-5-17-6-4-10-22-20(17)19)25-11-2-1-7-18(25)9-12-24-13-15-27-16-14-24/h3-6,8,10,18H,1-2,7,9,11-16H2,(H,23,26)/t18-/m0/s1. The molecule has 2 aliphatic heterocycles. The van der Waals surface area contributed by atoms with Crippen molar-refractivity contribution in [2.24, 2.45) is 0 Å². The van der Waals surface area contributed by atoms with Crippen LogP contribution in [0.1, 0.15) is 25.7 Å². The summed E-state index contributed by atoms with van der Waals surface area (Å²) < 4.78 is 5.43. The summed E-state index contributed by atoms with van der Waals surface area (Å²) in [7, 11) is 0. The second kappa shape index (κ2) is 8.67. The van der Waals surface area contributed by atoms with E-state index in [4.69, 9.17) is 4.74 Å². The number of pyridine rings is 1. The van der Waals surface area contributed by atoms with Crippen molar-refractivity contribution >= 4 is 22.6 Å². The van der Waals surface area contributed by atoms with Gasteiger partial charge in [0.05, 0.1) is 24.4 Å². The molecule has 2 amide bonds. The van der Waals surface area contributed by atoms with Gasteiger partial charge in [0, 0.05) is 43.8 Å². The highest BCUT2D eigenvalue weighted by atomic mass is 16.5. The molecule has 1 aromatic carbocycles. The lowest BCUT2D eigenvalue weighted by atomic mass is 9.99. The number of hydrogen-bond donors (Lipinski definition) is 1. The van der Waals surface area contributed by atoms with Crippen molar-refractivity contribution < 1.29 is 9.53 Å². The van der Waals surface area contributed by atoms with Gasteiger partial charge in [-0.1, -0.05) is 18.2 Å². The van der Waals surface area contributed by atoms with E-state index in [1.807, 2.05) is 35.2 Å². The first-order valence-electron chi connectivity index (χ1n) is 10.0. The number of amides is 2. The van der Waals surface area contributed by atoms with Crippen molar-refractivity contribution in [3.63, 3.8) is 0 Å². The Hall–Kier alpha value is -2.18. The first-order chi connectivity index (χ1) is 13.3. The van der Waals surface area contributed by atoms with E-state index in [-0.39, 0.29) is 6.03 Å². The number of fused-ring (bicyclic) bond motifs is 1. The third-order valence-electron chi connectivity index (χ3n) is 5.64. The summed E-state index contributed by atoms with van der Waals surface area (Å²) in [6.07, 6.45) is 6.17. The fraction of sp³-hybridized carbons (Fsp3) is 0.524. The summed E-state index contributed by atoms with van der Waals surface area (Å²) in [5.41, 5.74) is 1.63. The summed E-state index contributed by atoms with van der Waals surface area (Å²) in [6, 6.07) is 10.2. The minimum atomic E-state index is -0.000157. The number of aromatic nitrogens is 1. The first-order valence-corrected chi connectivity index (χ1v) is 10.0. The third kappa shape index (κ3) is 4.39. The van der Waals surface area contributed by atoms with Crippen LogP contribution in [0.15, 0.2) is 36.5 Å². The van der Waals surface area contributed by atoms with E-state index in [2.05, 4.69) is 15.2 Å². The average molecular weight is 368 g/mol. The summed E-state index contributed by atoms with van der Waals surface area (Å²) >= 11 is 0. The number of nitrogens with zero attached hydrogens (tertiary/aromatic N) is 3. The van der Waals surface area contributed by atoms with Crippen LogP contribution in [0.2, 0.25) is 0 Å². The molecule has 2 saturated heterocycles. The van der Waals surface area contributed by atoms with Gasteiger partial charge in [-0.25, -0.2) is 4.79 Å². The molecule has 1 atom stereocenters. The molecule has 4 rings (SSSR count). The number of rotatable bonds is 4. The second-order valence-electron chi connectivity index (χ2n) is 7.40. The summed E-state index contributed by atoms with van der Waals surface area (Å²) in [6.45, 7) is 5.51. The van der Waals surface area contributed by atoms with Crippen LogP contribution in [-0.2, 0) is 4.74 Å². The van der Waals surface area contributed by atoms with Gasteiger partial charge in [0.2, 0.25) is 0 Å². The molecule has 0 spiro atoms. The molecule has 144 valence electrons. The number of carbonyl (C=O) groups excluding carboxylic acids is 1. The molecule has 1 aromatic heterocycles. The number of para-hydroxylation sites is 1. The summed E-state index contributed by atoms with van der Waals surface area (Å²) in [5, 5.41) is 4.15. The number of ether oxygens (including phenoxy) is 1. The highest BCUT2D eigenvalue weighted by Crippen LogP contribution is 2.24. The van der Waals surface area contributed by atoms with Crippen LogP contribution in [0, 0.1) is 0 Å². The van der Waals surface area contributed by atoms with Crippen molar-refractivity contribution in [2.75, 3.05) is 44.7 Å². The van der Waals surface area contributed by atoms with Crippen LogP contribution in [0.3, 0.4) is 0 Å². The lowest BCUT2D eigenvalue weighted by Gasteiger charge is -2.37. The number of nitrogens with one attached hydrogen (secondary N) is 1. The zero-order chi connectivity index (χ0) is 18.5. The van der Waals surface area contributed by atoms with E-state index in [0.29, 0.717) is 6.04 Å². The Morgan fingerprint density at radius 2 is 2.00 bits per heavy atom. The molecule has 2 aliphatic rings. The molecule has 2 fully saturated rings. The molecule has 1 N–H and O–H groups in total. The fourth-order valence-electron chi connectivity index (χ4n) is 4.12. The Kier molecular flexibility index (Phi) is 5.84. The zero-order valence-electron chi connectivity index (χ0n) is 15.8. The minimum Gasteiger partial charge on any atom is -0.379 e. The molecule has 2 aromatic rings. The van der Waals surface area contributed by atoms with Gasteiger partial charge >= 0.3 is 6.03 Å². The van der Waals surface area contributed by atoms with Gasteiger partial charge < -0.3 is 15.0 Å². The molecule has 6 nitrogen and oxygen atoms in total. The van der Waals surface area contributed by atoms with Gasteiger partial charge in [-0.2, -0.15) is 0 Å². The SMILES string of the molecule is O=C(Nc1cccc2cccnc12)N1CCCC[C@H]1CCN1CCOCC1. The Balaban J connectivity index is 1.42. The number of carbonyl (C=O) groups is 1. The number of likely N-dealkylation sites (tertiary alicyclic amines) is 1. The first kappa shape index (κ1) is 18.2. The van der Waals surface area contributed by atoms with E-state index < -0.39 is 0 Å². The number of morpholine rings is 1. The van der Waals surface area contributed by atoms with Gasteiger partial charge in [-0.15, -0.1) is 0 Å². The molecule has 6 heteroatoms. The number of benzene rings is 1. The predicted molar refractivity (Wildman–Crippen MR) is 107 cm³/mol. The van der Waals surface area contributed by atoms with Crippen LogP contribution in [0.4, 0.5) is 10.5 Å². The van der Waals surface area contributed by atoms with E-state index in [1.54, 1.807) is 6.20 Å². The Bertz CT molecular complexity index is 770. The maximum atomic E-state index is 13.0. The molecule has 27 heavy (non-hydrogen) atoms. The number of urea groups is 1. The van der Waals surface area contributed by atoms with Gasteiger partial charge in [0.25, 0.3) is 0 Å². The quantitative estimate of drug-likeness (QED) is 0.899. The molecule has 0 unspecified atom stereocenters. The number of piperidine rings is 1. The Labute approximate surface area is 160 Å². The Morgan fingerprint density at radius 3 is 2.89 bits per heavy atom. The fourth-order valence-corrected chi connectivity index (χ4v) is 4.12. The van der Waals surface area contributed by atoms with Crippen LogP contribution in [0.25, 0.3) is 10.9 Å². The van der Waals surface area contributed by atoms with Gasteiger partial charge in [0.15, 0.2) is 0 Å². The summed E-state index contributed by atoms with van der Waals surface area (Å²) in [4.78, 5) is 22.0. The molecule has 3 heterocycles. The molecule has 0 aliphatic carbocycles. The summed E-state index contributed by atoms with van der Waals surface area (Å²) in [5.74, 6) is 0. The van der Waals surface area contributed by atoms with Gasteiger partial charge in [-0.05, 0) is 37.8 Å². The van der Waals surface area contributed by atoms with E-state index in [1.165, 1.54) is 6.42 Å². The van der Waals surface area contributed by atoms with Crippen LogP contribution >= 0.6 is 0 Å². The lowest BCUT2D eigenvalue weighted by molar-refractivity contribution is 0.0329. The third-order valence-corrected chi connectivity index (χ3v) is 5.64. The van der Waals surface area contributed by atoms with Crippen molar-refractivity contribution in [3.05, 3.63) is 36.5 Å². The van der Waals surface area contributed by atoms with Gasteiger partial charge in [0.1, 0.15) is 0 Å². The van der Waals surface area contributed by atoms with E-state index >= 15 is 0 Å².